The van der Waals surface area contributed by atoms with E-state index in [4.69, 9.17) is 9.47 Å². The number of ether oxygens (including phenoxy) is 2. The number of amides is 1. The largest absolute Gasteiger partial charge is 0.480 e. The lowest BCUT2D eigenvalue weighted by Crippen LogP contribution is -2.22. The molecule has 1 aliphatic heterocycles. The fourth-order valence-corrected chi connectivity index (χ4v) is 5.95. The highest BCUT2D eigenvalue weighted by molar-refractivity contribution is 7.92. The van der Waals surface area contributed by atoms with Crippen LogP contribution >= 0.6 is 11.3 Å². The van der Waals surface area contributed by atoms with Crippen molar-refractivity contribution < 1.29 is 31.5 Å². The Morgan fingerprint density at radius 3 is 2.69 bits per heavy atom. The van der Waals surface area contributed by atoms with Crippen molar-refractivity contribution in [3.8, 4) is 16.3 Å². The van der Waals surface area contributed by atoms with E-state index in [2.05, 4.69) is 20.0 Å². The summed E-state index contributed by atoms with van der Waals surface area (Å²) in [6.45, 7) is 3.03. The van der Waals surface area contributed by atoms with Crippen LogP contribution in [0.4, 0.5) is 19.6 Å². The Morgan fingerprint density at radius 1 is 1.25 bits per heavy atom. The lowest BCUT2D eigenvalue weighted by Gasteiger charge is -2.20. The Hall–Kier alpha value is -3.16. The zero-order valence-corrected chi connectivity index (χ0v) is 21.1. The first-order chi connectivity index (χ1) is 17.2. The number of aryl methyl sites for hydroxylation is 1. The van der Waals surface area contributed by atoms with E-state index in [1.54, 1.807) is 6.92 Å². The molecule has 1 aromatic carbocycles. The van der Waals surface area contributed by atoms with Crippen LogP contribution < -0.4 is 14.8 Å². The number of carbonyl (C=O) groups is 1. The molecule has 0 spiro atoms. The Balaban J connectivity index is 1.58. The number of carbonyl (C=O) groups excluding carboxylic acids is 1. The van der Waals surface area contributed by atoms with Gasteiger partial charge in [0.05, 0.1) is 23.4 Å². The maximum atomic E-state index is 14.1. The third-order valence-electron chi connectivity index (χ3n) is 5.60. The summed E-state index contributed by atoms with van der Waals surface area (Å²) in [6, 6.07) is 3.81. The molecule has 2 N–H and O–H groups in total. The SMILES string of the molecule is COc1ncc(-c2sc(NC(=O)CC3CCOCC3)nc2C)cc1S(=O)(=O)Nc1ccc(F)cc1F. The summed E-state index contributed by atoms with van der Waals surface area (Å²) in [5, 5.41) is 3.19. The number of nitrogens with zero attached hydrogens (tertiary/aromatic N) is 2. The second-order valence-corrected chi connectivity index (χ2v) is 10.9. The average molecular weight is 539 g/mol. The van der Waals surface area contributed by atoms with Gasteiger partial charge in [-0.2, -0.15) is 0 Å². The van der Waals surface area contributed by atoms with Crippen LogP contribution in [0.2, 0.25) is 0 Å². The van der Waals surface area contributed by atoms with Gasteiger partial charge in [0.25, 0.3) is 10.0 Å². The number of halogens is 2. The molecule has 192 valence electrons. The summed E-state index contributed by atoms with van der Waals surface area (Å²) in [4.78, 5) is 21.2. The lowest BCUT2D eigenvalue weighted by molar-refractivity contribution is -0.117. The summed E-state index contributed by atoms with van der Waals surface area (Å²) in [5.41, 5.74) is 0.553. The number of hydrogen-bond donors (Lipinski definition) is 2. The van der Waals surface area contributed by atoms with Crippen molar-refractivity contribution in [2.75, 3.05) is 30.4 Å². The molecule has 3 heterocycles. The number of anilines is 2. The first kappa shape index (κ1) is 25.9. The number of sulfonamides is 1. The van der Waals surface area contributed by atoms with Crippen LogP contribution in [0, 0.1) is 24.5 Å². The molecule has 0 unspecified atom stereocenters. The number of hydrogen-bond acceptors (Lipinski definition) is 8. The monoisotopic (exact) mass is 538 g/mol. The summed E-state index contributed by atoms with van der Waals surface area (Å²) in [5.74, 6) is -2.00. The molecule has 13 heteroatoms. The van der Waals surface area contributed by atoms with Gasteiger partial charge in [-0.25, -0.2) is 27.2 Å². The van der Waals surface area contributed by atoms with Crippen LogP contribution in [0.5, 0.6) is 5.88 Å². The van der Waals surface area contributed by atoms with Gasteiger partial charge in [0.2, 0.25) is 11.8 Å². The Morgan fingerprint density at radius 2 is 2.00 bits per heavy atom. The van der Waals surface area contributed by atoms with Crippen molar-refractivity contribution in [2.45, 2.75) is 31.1 Å². The number of methoxy groups -OCH3 is 1. The van der Waals surface area contributed by atoms with Crippen LogP contribution in [-0.2, 0) is 19.6 Å². The van der Waals surface area contributed by atoms with E-state index < -0.39 is 27.3 Å². The van der Waals surface area contributed by atoms with Crippen molar-refractivity contribution >= 4 is 38.1 Å². The second-order valence-electron chi connectivity index (χ2n) is 8.20. The van der Waals surface area contributed by atoms with Crippen molar-refractivity contribution in [1.82, 2.24) is 9.97 Å². The number of rotatable bonds is 8. The minimum absolute atomic E-state index is 0.149. The Bertz CT molecular complexity index is 1370. The summed E-state index contributed by atoms with van der Waals surface area (Å²) < 4.78 is 65.9. The first-order valence-corrected chi connectivity index (χ1v) is 13.3. The summed E-state index contributed by atoms with van der Waals surface area (Å²) in [7, 11) is -3.11. The van der Waals surface area contributed by atoms with Gasteiger partial charge in [-0.3, -0.25) is 9.52 Å². The summed E-state index contributed by atoms with van der Waals surface area (Å²) in [6.07, 6.45) is 3.46. The fourth-order valence-electron chi connectivity index (χ4n) is 3.77. The maximum absolute atomic E-state index is 14.1. The molecular formula is C23H24F2N4O5S2. The van der Waals surface area contributed by atoms with Gasteiger partial charge < -0.3 is 14.8 Å². The van der Waals surface area contributed by atoms with Crippen molar-refractivity contribution in [3.05, 3.63) is 47.8 Å². The van der Waals surface area contributed by atoms with Crippen LogP contribution in [0.25, 0.3) is 10.4 Å². The van der Waals surface area contributed by atoms with Crippen LogP contribution in [0.3, 0.4) is 0 Å². The number of benzene rings is 1. The Labute approximate surface area is 210 Å². The van der Waals surface area contributed by atoms with Gasteiger partial charge in [0.15, 0.2) is 5.13 Å². The minimum Gasteiger partial charge on any atom is -0.480 e. The molecule has 4 rings (SSSR count). The molecular weight excluding hydrogens is 514 g/mol. The van der Waals surface area contributed by atoms with E-state index in [1.165, 1.54) is 30.7 Å². The van der Waals surface area contributed by atoms with E-state index in [0.717, 1.165) is 25.0 Å². The van der Waals surface area contributed by atoms with Crippen LogP contribution in [-0.4, -0.2) is 44.6 Å². The minimum atomic E-state index is -4.36. The van der Waals surface area contributed by atoms with Gasteiger partial charge in [-0.15, -0.1) is 0 Å². The molecule has 3 aromatic rings. The van der Waals surface area contributed by atoms with E-state index in [9.17, 15) is 22.0 Å². The smallest absolute Gasteiger partial charge is 0.267 e. The van der Waals surface area contributed by atoms with Gasteiger partial charge >= 0.3 is 0 Å². The summed E-state index contributed by atoms with van der Waals surface area (Å²) >= 11 is 1.18. The molecule has 2 aromatic heterocycles. The molecule has 0 saturated carbocycles. The standard InChI is InChI=1S/C23H24F2N4O5S2/c1-13-21(35-23(27-13)28-20(30)9-14-5-7-34-8-6-14)15-10-19(22(33-2)26-12-15)36(31,32)29-18-4-3-16(24)11-17(18)25/h3-4,10-12,14,29H,5-9H2,1-2H3,(H,27,28,30). The fraction of sp³-hybridized carbons (Fsp3) is 0.348. The van der Waals surface area contributed by atoms with Gasteiger partial charge in [0, 0.05) is 37.5 Å². The van der Waals surface area contributed by atoms with E-state index in [0.29, 0.717) is 47.0 Å². The maximum Gasteiger partial charge on any atom is 0.267 e. The molecule has 0 aliphatic carbocycles. The predicted octanol–water partition coefficient (Wildman–Crippen LogP) is 4.36. The molecule has 0 atom stereocenters. The molecule has 1 saturated heterocycles. The second kappa shape index (κ2) is 10.8. The van der Waals surface area contributed by atoms with E-state index >= 15 is 0 Å². The van der Waals surface area contributed by atoms with E-state index in [1.807, 2.05) is 0 Å². The van der Waals surface area contributed by atoms with E-state index in [-0.39, 0.29) is 22.6 Å². The predicted molar refractivity (Wildman–Crippen MR) is 131 cm³/mol. The molecule has 1 fully saturated rings. The lowest BCUT2D eigenvalue weighted by atomic mass is 9.96. The first-order valence-electron chi connectivity index (χ1n) is 11.0. The highest BCUT2D eigenvalue weighted by Gasteiger charge is 2.25. The number of thiazole rings is 1. The molecule has 1 aliphatic rings. The molecule has 36 heavy (non-hydrogen) atoms. The zero-order chi connectivity index (χ0) is 25.9. The van der Waals surface area contributed by atoms with Crippen molar-refractivity contribution in [2.24, 2.45) is 5.92 Å². The number of nitrogens with one attached hydrogen (secondary N) is 2. The number of pyridine rings is 1. The van der Waals surface area contributed by atoms with Crippen molar-refractivity contribution in [1.29, 1.82) is 0 Å². The normalized spacial score (nSPS) is 14.4. The average Bonchev–Trinajstić information content (AvgIpc) is 3.20. The van der Waals surface area contributed by atoms with Gasteiger partial charge in [-0.05, 0) is 43.9 Å². The topological polar surface area (TPSA) is 120 Å². The van der Waals surface area contributed by atoms with Crippen molar-refractivity contribution in [3.63, 3.8) is 0 Å². The van der Waals surface area contributed by atoms with Crippen LogP contribution in [0.1, 0.15) is 25.0 Å². The highest BCUT2D eigenvalue weighted by Crippen LogP contribution is 2.36. The quantitative estimate of drug-likeness (QED) is 0.437. The highest BCUT2D eigenvalue weighted by atomic mass is 32.2. The zero-order valence-electron chi connectivity index (χ0n) is 19.5. The van der Waals surface area contributed by atoms with Gasteiger partial charge in [0.1, 0.15) is 16.5 Å². The third-order valence-corrected chi connectivity index (χ3v) is 8.08. The Kier molecular flexibility index (Phi) is 7.81. The number of aromatic nitrogens is 2. The molecule has 0 bridgehead atoms. The third kappa shape index (κ3) is 5.97. The van der Waals surface area contributed by atoms with Gasteiger partial charge in [-0.1, -0.05) is 11.3 Å². The molecule has 0 radical (unpaired) electrons. The van der Waals surface area contributed by atoms with Crippen LogP contribution in [0.15, 0.2) is 35.4 Å². The molecule has 9 nitrogen and oxygen atoms in total. The molecule has 1 amide bonds.